The van der Waals surface area contributed by atoms with Crippen molar-refractivity contribution in [3.05, 3.63) is 24.4 Å². The zero-order valence-corrected chi connectivity index (χ0v) is 8.68. The molecular formula is C10H14N4O. The normalized spacial score (nSPS) is 10.7. The first kappa shape index (κ1) is 9.92. The van der Waals surface area contributed by atoms with Gasteiger partial charge in [0, 0.05) is 19.3 Å². The standard InChI is InChI=1S/C10H14N4O/c1-2-15-8-6-11-10-12-9-5-3-4-7-14(9)13-10/h3-5,7H,2,6,8H2,1H3,(H,11,13). The van der Waals surface area contributed by atoms with Crippen molar-refractivity contribution in [1.29, 1.82) is 0 Å². The van der Waals surface area contributed by atoms with Crippen molar-refractivity contribution in [2.24, 2.45) is 0 Å². The summed E-state index contributed by atoms with van der Waals surface area (Å²) in [5.41, 5.74) is 0.844. The molecule has 15 heavy (non-hydrogen) atoms. The Labute approximate surface area is 88.1 Å². The van der Waals surface area contributed by atoms with Crippen LogP contribution in [-0.4, -0.2) is 34.4 Å². The molecule has 0 atom stereocenters. The van der Waals surface area contributed by atoms with Gasteiger partial charge in [-0.1, -0.05) is 6.07 Å². The lowest BCUT2D eigenvalue weighted by Gasteiger charge is -2.00. The lowest BCUT2D eigenvalue weighted by Crippen LogP contribution is -2.10. The molecular weight excluding hydrogens is 192 g/mol. The van der Waals surface area contributed by atoms with E-state index in [1.165, 1.54) is 0 Å². The molecule has 2 aromatic heterocycles. The summed E-state index contributed by atoms with van der Waals surface area (Å²) >= 11 is 0. The highest BCUT2D eigenvalue weighted by atomic mass is 16.5. The minimum Gasteiger partial charge on any atom is -0.380 e. The molecule has 0 amide bonds. The van der Waals surface area contributed by atoms with E-state index in [1.807, 2.05) is 31.3 Å². The number of anilines is 1. The fourth-order valence-electron chi connectivity index (χ4n) is 1.29. The Balaban J connectivity index is 1.97. The second kappa shape index (κ2) is 4.75. The predicted molar refractivity (Wildman–Crippen MR) is 58.0 cm³/mol. The van der Waals surface area contributed by atoms with Gasteiger partial charge in [-0.15, -0.1) is 5.10 Å². The van der Waals surface area contributed by atoms with Gasteiger partial charge in [0.15, 0.2) is 5.65 Å². The summed E-state index contributed by atoms with van der Waals surface area (Å²) in [6, 6.07) is 5.78. The Kier molecular flexibility index (Phi) is 3.14. The van der Waals surface area contributed by atoms with E-state index in [0.29, 0.717) is 12.6 Å². The predicted octanol–water partition coefficient (Wildman–Crippen LogP) is 1.18. The summed E-state index contributed by atoms with van der Waals surface area (Å²) in [5, 5.41) is 7.35. The number of pyridine rings is 1. The maximum Gasteiger partial charge on any atom is 0.243 e. The van der Waals surface area contributed by atoms with Gasteiger partial charge in [0.25, 0.3) is 0 Å². The lowest BCUT2D eigenvalue weighted by atomic mass is 10.5. The van der Waals surface area contributed by atoms with Crippen molar-refractivity contribution in [2.45, 2.75) is 6.92 Å². The summed E-state index contributed by atoms with van der Waals surface area (Å²) in [6.07, 6.45) is 1.87. The molecule has 0 unspecified atom stereocenters. The van der Waals surface area contributed by atoms with Crippen LogP contribution in [0.1, 0.15) is 6.92 Å². The number of hydrogen-bond donors (Lipinski definition) is 1. The number of nitrogens with zero attached hydrogens (tertiary/aromatic N) is 3. The van der Waals surface area contributed by atoms with Gasteiger partial charge in [-0.2, -0.15) is 4.98 Å². The molecule has 2 heterocycles. The summed E-state index contributed by atoms with van der Waals surface area (Å²) in [7, 11) is 0. The number of aromatic nitrogens is 3. The smallest absolute Gasteiger partial charge is 0.243 e. The van der Waals surface area contributed by atoms with E-state index in [0.717, 1.165) is 18.8 Å². The van der Waals surface area contributed by atoms with Crippen LogP contribution in [0, 0.1) is 0 Å². The highest BCUT2D eigenvalue weighted by molar-refractivity contribution is 5.42. The number of nitrogens with one attached hydrogen (secondary N) is 1. The zero-order chi connectivity index (χ0) is 10.5. The quantitative estimate of drug-likeness (QED) is 0.746. The van der Waals surface area contributed by atoms with Crippen molar-refractivity contribution in [3.63, 3.8) is 0 Å². The monoisotopic (exact) mass is 206 g/mol. The fraction of sp³-hybridized carbons (Fsp3) is 0.400. The number of ether oxygens (including phenoxy) is 1. The molecule has 0 aliphatic heterocycles. The highest BCUT2D eigenvalue weighted by Crippen LogP contribution is 2.03. The zero-order valence-electron chi connectivity index (χ0n) is 8.68. The topological polar surface area (TPSA) is 51.5 Å². The van der Waals surface area contributed by atoms with Crippen LogP contribution < -0.4 is 5.32 Å². The van der Waals surface area contributed by atoms with Crippen molar-refractivity contribution in [3.8, 4) is 0 Å². The second-order valence-electron chi connectivity index (χ2n) is 3.06. The number of rotatable bonds is 5. The largest absolute Gasteiger partial charge is 0.380 e. The molecule has 1 N–H and O–H groups in total. The van der Waals surface area contributed by atoms with Gasteiger partial charge in [-0.05, 0) is 19.1 Å². The summed E-state index contributed by atoms with van der Waals surface area (Å²) in [4.78, 5) is 4.30. The van der Waals surface area contributed by atoms with Crippen LogP contribution in [0.15, 0.2) is 24.4 Å². The molecule has 0 aromatic carbocycles. The van der Waals surface area contributed by atoms with Crippen molar-refractivity contribution in [2.75, 3.05) is 25.1 Å². The van der Waals surface area contributed by atoms with Crippen LogP contribution in [0.3, 0.4) is 0 Å². The Bertz CT molecular complexity index is 393. The highest BCUT2D eigenvalue weighted by Gasteiger charge is 2.00. The molecule has 0 bridgehead atoms. The van der Waals surface area contributed by atoms with E-state index in [2.05, 4.69) is 15.4 Å². The number of hydrogen-bond acceptors (Lipinski definition) is 4. The Morgan fingerprint density at radius 1 is 1.47 bits per heavy atom. The minimum absolute atomic E-state index is 0.640. The van der Waals surface area contributed by atoms with Gasteiger partial charge in [-0.25, -0.2) is 4.52 Å². The summed E-state index contributed by atoms with van der Waals surface area (Å²) in [5.74, 6) is 0.640. The molecule has 0 radical (unpaired) electrons. The van der Waals surface area contributed by atoms with Crippen molar-refractivity contribution in [1.82, 2.24) is 14.6 Å². The molecule has 5 nitrogen and oxygen atoms in total. The average molecular weight is 206 g/mol. The summed E-state index contributed by atoms with van der Waals surface area (Å²) < 4.78 is 6.94. The van der Waals surface area contributed by atoms with Crippen LogP contribution >= 0.6 is 0 Å². The molecule has 0 saturated carbocycles. The first-order valence-electron chi connectivity index (χ1n) is 5.03. The molecule has 0 aliphatic rings. The van der Waals surface area contributed by atoms with Gasteiger partial charge in [-0.3, -0.25) is 0 Å². The van der Waals surface area contributed by atoms with E-state index < -0.39 is 0 Å². The minimum atomic E-state index is 0.640. The number of fused-ring (bicyclic) bond motifs is 1. The van der Waals surface area contributed by atoms with Crippen LogP contribution in [0.5, 0.6) is 0 Å². The van der Waals surface area contributed by atoms with Crippen molar-refractivity contribution < 1.29 is 4.74 Å². The second-order valence-corrected chi connectivity index (χ2v) is 3.06. The van der Waals surface area contributed by atoms with Gasteiger partial charge < -0.3 is 10.1 Å². The summed E-state index contributed by atoms with van der Waals surface area (Å²) in [6.45, 7) is 4.11. The molecule has 0 fully saturated rings. The Hall–Kier alpha value is -1.62. The average Bonchev–Trinajstić information content (AvgIpc) is 2.67. The SMILES string of the molecule is CCOCCNc1nc2ccccn2n1. The van der Waals surface area contributed by atoms with E-state index >= 15 is 0 Å². The third kappa shape index (κ3) is 2.44. The maximum absolute atomic E-state index is 5.20. The fourth-order valence-corrected chi connectivity index (χ4v) is 1.29. The van der Waals surface area contributed by atoms with Gasteiger partial charge in [0.2, 0.25) is 5.95 Å². The Morgan fingerprint density at radius 2 is 2.40 bits per heavy atom. The van der Waals surface area contributed by atoms with E-state index in [4.69, 9.17) is 4.74 Å². The van der Waals surface area contributed by atoms with E-state index in [-0.39, 0.29) is 0 Å². The third-order valence-electron chi connectivity index (χ3n) is 1.97. The van der Waals surface area contributed by atoms with Crippen LogP contribution in [0.25, 0.3) is 5.65 Å². The maximum atomic E-state index is 5.20. The molecule has 80 valence electrons. The van der Waals surface area contributed by atoms with E-state index in [1.54, 1.807) is 4.52 Å². The van der Waals surface area contributed by atoms with Gasteiger partial charge in [0.1, 0.15) is 0 Å². The van der Waals surface area contributed by atoms with Gasteiger partial charge >= 0.3 is 0 Å². The van der Waals surface area contributed by atoms with Gasteiger partial charge in [0.05, 0.1) is 6.61 Å². The molecule has 0 spiro atoms. The molecule has 5 heteroatoms. The molecule has 2 aromatic rings. The van der Waals surface area contributed by atoms with E-state index in [9.17, 15) is 0 Å². The molecule has 0 aliphatic carbocycles. The van der Waals surface area contributed by atoms with Crippen LogP contribution in [-0.2, 0) is 4.74 Å². The lowest BCUT2D eigenvalue weighted by molar-refractivity contribution is 0.158. The third-order valence-corrected chi connectivity index (χ3v) is 1.97. The molecule has 0 saturated heterocycles. The Morgan fingerprint density at radius 3 is 3.20 bits per heavy atom. The first-order chi connectivity index (χ1) is 7.40. The van der Waals surface area contributed by atoms with Crippen LogP contribution in [0.4, 0.5) is 5.95 Å². The first-order valence-corrected chi connectivity index (χ1v) is 5.03. The van der Waals surface area contributed by atoms with Crippen LogP contribution in [0.2, 0.25) is 0 Å². The molecule has 2 rings (SSSR count). The van der Waals surface area contributed by atoms with Crippen molar-refractivity contribution >= 4 is 11.6 Å².